The summed E-state index contributed by atoms with van der Waals surface area (Å²) in [6.07, 6.45) is 1.73. The summed E-state index contributed by atoms with van der Waals surface area (Å²) >= 11 is 0. The van der Waals surface area contributed by atoms with Crippen LogP contribution in [-0.4, -0.2) is 23.8 Å². The Hall–Kier alpha value is -0.770. The van der Waals surface area contributed by atoms with Crippen molar-refractivity contribution >= 4 is 5.84 Å². The lowest BCUT2D eigenvalue weighted by atomic mass is 10.2. The Labute approximate surface area is 53.3 Å². The van der Waals surface area contributed by atoms with Gasteiger partial charge < -0.3 is 15.7 Å². The van der Waals surface area contributed by atoms with E-state index in [9.17, 15) is 0 Å². The molecular weight excluding hydrogens is 120 g/mol. The predicted octanol–water partition coefficient (Wildman–Crippen LogP) is -0.0882. The highest BCUT2D eigenvalue weighted by Gasteiger charge is 2.19. The third-order valence-corrected chi connectivity index (χ3v) is 1.38. The predicted molar refractivity (Wildman–Crippen MR) is 32.4 cm³/mol. The van der Waals surface area contributed by atoms with Crippen molar-refractivity contribution in [1.29, 1.82) is 0 Å². The van der Waals surface area contributed by atoms with E-state index in [1.165, 1.54) is 0 Å². The molecule has 0 bridgehead atoms. The molecule has 3 N–H and O–H groups in total. The zero-order valence-corrected chi connectivity index (χ0v) is 5.08. The summed E-state index contributed by atoms with van der Waals surface area (Å²) in [5, 5.41) is 11.0. The summed E-state index contributed by atoms with van der Waals surface area (Å²) in [7, 11) is 0. The topological polar surface area (TPSA) is 67.8 Å². The lowest BCUT2D eigenvalue weighted by Crippen LogP contribution is -2.27. The monoisotopic (exact) mass is 130 g/mol. The highest BCUT2D eigenvalue weighted by Crippen LogP contribution is 2.11. The molecule has 0 aromatic rings. The first-order chi connectivity index (χ1) is 4.34. The first-order valence-electron chi connectivity index (χ1n) is 2.93. The number of hydrogen-bond donors (Lipinski definition) is 2. The van der Waals surface area contributed by atoms with Crippen LogP contribution in [0.2, 0.25) is 0 Å². The van der Waals surface area contributed by atoms with Gasteiger partial charge in [-0.3, -0.25) is 0 Å². The minimum atomic E-state index is -0.144. The van der Waals surface area contributed by atoms with E-state index >= 15 is 0 Å². The smallest absolute Gasteiger partial charge is 0.168 e. The van der Waals surface area contributed by atoms with Gasteiger partial charge in [-0.15, -0.1) is 0 Å². The van der Waals surface area contributed by atoms with E-state index < -0.39 is 0 Å². The summed E-state index contributed by atoms with van der Waals surface area (Å²) in [5.41, 5.74) is 5.25. The summed E-state index contributed by atoms with van der Waals surface area (Å²) in [4.78, 5) is 0. The molecule has 1 fully saturated rings. The molecule has 52 valence electrons. The van der Waals surface area contributed by atoms with Crippen LogP contribution in [0.4, 0.5) is 0 Å². The van der Waals surface area contributed by atoms with Gasteiger partial charge in [0.05, 0.1) is 0 Å². The Bertz CT molecular complexity index is 118. The average Bonchev–Trinajstić information content (AvgIpc) is 2.37. The van der Waals surface area contributed by atoms with Crippen LogP contribution in [0.15, 0.2) is 5.16 Å². The van der Waals surface area contributed by atoms with E-state index in [2.05, 4.69) is 5.16 Å². The molecule has 1 aliphatic rings. The van der Waals surface area contributed by atoms with E-state index in [1.54, 1.807) is 0 Å². The zero-order chi connectivity index (χ0) is 6.69. The molecule has 1 heterocycles. The minimum Gasteiger partial charge on any atom is -0.409 e. The SMILES string of the molecule is N/C(=N\O)C1CCCO1. The molecule has 1 atom stereocenters. The van der Waals surface area contributed by atoms with E-state index in [1.807, 2.05) is 0 Å². The number of nitrogens with two attached hydrogens (primary N) is 1. The lowest BCUT2D eigenvalue weighted by Gasteiger charge is -2.04. The number of amidine groups is 1. The van der Waals surface area contributed by atoms with Crippen LogP contribution < -0.4 is 5.73 Å². The molecule has 0 spiro atoms. The molecule has 0 aliphatic carbocycles. The standard InChI is InChI=1S/C5H10N2O2/c6-5(7-8)4-2-1-3-9-4/h4,8H,1-3H2,(H2,6,7). The van der Waals surface area contributed by atoms with Crippen LogP contribution in [0.25, 0.3) is 0 Å². The number of ether oxygens (including phenoxy) is 1. The fourth-order valence-electron chi connectivity index (χ4n) is 0.875. The maximum atomic E-state index is 8.18. The van der Waals surface area contributed by atoms with Crippen molar-refractivity contribution in [3.05, 3.63) is 0 Å². The molecular formula is C5H10N2O2. The van der Waals surface area contributed by atoms with E-state index in [0.29, 0.717) is 0 Å². The van der Waals surface area contributed by atoms with Gasteiger partial charge in [-0.2, -0.15) is 0 Å². The Kier molecular flexibility index (Phi) is 1.89. The number of rotatable bonds is 1. The largest absolute Gasteiger partial charge is 0.409 e. The van der Waals surface area contributed by atoms with Crippen LogP contribution in [0.3, 0.4) is 0 Å². The van der Waals surface area contributed by atoms with Gasteiger partial charge in [0.2, 0.25) is 0 Å². The number of nitrogens with zero attached hydrogens (tertiary/aromatic N) is 1. The highest BCUT2D eigenvalue weighted by atomic mass is 16.5. The van der Waals surface area contributed by atoms with Crippen molar-refractivity contribution in [2.24, 2.45) is 10.9 Å². The molecule has 9 heavy (non-hydrogen) atoms. The molecule has 0 aromatic carbocycles. The molecule has 1 rings (SSSR count). The number of oxime groups is 1. The van der Waals surface area contributed by atoms with Crippen molar-refractivity contribution in [1.82, 2.24) is 0 Å². The fourth-order valence-corrected chi connectivity index (χ4v) is 0.875. The van der Waals surface area contributed by atoms with Crippen LogP contribution in [0, 0.1) is 0 Å². The van der Waals surface area contributed by atoms with Gasteiger partial charge in [-0.05, 0) is 12.8 Å². The third-order valence-electron chi connectivity index (χ3n) is 1.38. The summed E-state index contributed by atoms with van der Waals surface area (Å²) in [6.45, 7) is 0.723. The minimum absolute atomic E-state index is 0.144. The first kappa shape index (κ1) is 6.35. The summed E-state index contributed by atoms with van der Waals surface area (Å²) in [5.74, 6) is 0.188. The van der Waals surface area contributed by atoms with Crippen molar-refractivity contribution in [3.8, 4) is 0 Å². The molecule has 1 aliphatic heterocycles. The zero-order valence-electron chi connectivity index (χ0n) is 5.08. The van der Waals surface area contributed by atoms with Gasteiger partial charge in [0.25, 0.3) is 0 Å². The highest BCUT2D eigenvalue weighted by molar-refractivity contribution is 5.84. The Balaban J connectivity index is 2.42. The summed E-state index contributed by atoms with van der Waals surface area (Å²) in [6, 6.07) is 0. The average molecular weight is 130 g/mol. The number of hydrogen-bond acceptors (Lipinski definition) is 3. The van der Waals surface area contributed by atoms with E-state index in [-0.39, 0.29) is 11.9 Å². The third kappa shape index (κ3) is 1.32. The molecule has 0 aromatic heterocycles. The van der Waals surface area contributed by atoms with Crippen molar-refractivity contribution in [2.45, 2.75) is 18.9 Å². The van der Waals surface area contributed by atoms with E-state index in [0.717, 1.165) is 19.4 Å². The van der Waals surface area contributed by atoms with Crippen molar-refractivity contribution in [3.63, 3.8) is 0 Å². The normalized spacial score (nSPS) is 28.9. The maximum absolute atomic E-state index is 8.18. The molecule has 1 unspecified atom stereocenters. The molecule has 4 heteroatoms. The van der Waals surface area contributed by atoms with Crippen LogP contribution in [0.5, 0.6) is 0 Å². The van der Waals surface area contributed by atoms with Crippen LogP contribution in [-0.2, 0) is 4.74 Å². The van der Waals surface area contributed by atoms with Gasteiger partial charge in [-0.1, -0.05) is 5.16 Å². The second-order valence-corrected chi connectivity index (χ2v) is 2.03. The van der Waals surface area contributed by atoms with Gasteiger partial charge in [0.15, 0.2) is 5.84 Å². The Morgan fingerprint density at radius 1 is 1.78 bits per heavy atom. The second-order valence-electron chi connectivity index (χ2n) is 2.03. The lowest BCUT2D eigenvalue weighted by molar-refractivity contribution is 0.153. The Morgan fingerprint density at radius 3 is 3.00 bits per heavy atom. The van der Waals surface area contributed by atoms with Crippen LogP contribution in [0.1, 0.15) is 12.8 Å². The van der Waals surface area contributed by atoms with Crippen molar-refractivity contribution < 1.29 is 9.94 Å². The van der Waals surface area contributed by atoms with Gasteiger partial charge >= 0.3 is 0 Å². The molecule has 0 saturated carbocycles. The second kappa shape index (κ2) is 2.68. The summed E-state index contributed by atoms with van der Waals surface area (Å²) < 4.78 is 5.09. The molecule has 0 radical (unpaired) electrons. The molecule has 1 saturated heterocycles. The van der Waals surface area contributed by atoms with Crippen LogP contribution >= 0.6 is 0 Å². The van der Waals surface area contributed by atoms with Gasteiger partial charge in [0, 0.05) is 6.61 Å². The molecule has 4 nitrogen and oxygen atoms in total. The fraction of sp³-hybridized carbons (Fsp3) is 0.800. The van der Waals surface area contributed by atoms with Crippen molar-refractivity contribution in [2.75, 3.05) is 6.61 Å². The van der Waals surface area contributed by atoms with Gasteiger partial charge in [0.1, 0.15) is 6.10 Å². The first-order valence-corrected chi connectivity index (χ1v) is 2.93. The Morgan fingerprint density at radius 2 is 2.56 bits per heavy atom. The van der Waals surface area contributed by atoms with Gasteiger partial charge in [-0.25, -0.2) is 0 Å². The maximum Gasteiger partial charge on any atom is 0.168 e. The molecule has 0 amide bonds. The quantitative estimate of drug-likeness (QED) is 0.225. The van der Waals surface area contributed by atoms with E-state index in [4.69, 9.17) is 15.7 Å².